The van der Waals surface area contributed by atoms with Crippen LogP contribution in [-0.2, 0) is 4.79 Å². The van der Waals surface area contributed by atoms with Gasteiger partial charge in [0.2, 0.25) is 5.91 Å². The number of carbonyl (C=O) groups is 1. The molecule has 1 aromatic heterocycles. The monoisotopic (exact) mass is 250 g/mol. The summed E-state index contributed by atoms with van der Waals surface area (Å²) in [5.74, 6) is 0.300. The number of hydrogen-bond donors (Lipinski definition) is 3. The maximum absolute atomic E-state index is 11.5. The Morgan fingerprint density at radius 2 is 2.41 bits per heavy atom. The molecule has 1 fully saturated rings. The van der Waals surface area contributed by atoms with Gasteiger partial charge >= 0.3 is 0 Å². The average molecular weight is 250 g/mol. The van der Waals surface area contributed by atoms with Crippen molar-refractivity contribution in [1.29, 1.82) is 5.41 Å². The molecule has 0 unspecified atom stereocenters. The Kier molecular flexibility index (Phi) is 3.63. The summed E-state index contributed by atoms with van der Waals surface area (Å²) in [6.07, 6.45) is 3.80. The highest BCUT2D eigenvalue weighted by Gasteiger charge is 2.23. The Hall–Kier alpha value is -1.56. The number of rotatable bonds is 5. The predicted molar refractivity (Wildman–Crippen MR) is 67.1 cm³/mol. The fraction of sp³-hybridized carbons (Fsp3) is 0.364. The van der Waals surface area contributed by atoms with Crippen molar-refractivity contribution in [2.45, 2.75) is 23.9 Å². The smallest absolute Gasteiger partial charge is 0.230 e. The molecule has 0 radical (unpaired) electrons. The molecular formula is C11H14N4OS. The minimum absolute atomic E-state index is 0.0117. The minimum Gasteiger partial charge on any atom is -0.384 e. The van der Waals surface area contributed by atoms with Gasteiger partial charge in [0, 0.05) is 17.8 Å². The van der Waals surface area contributed by atoms with E-state index in [2.05, 4.69) is 10.3 Å². The number of nitrogens with one attached hydrogen (secondary N) is 2. The summed E-state index contributed by atoms with van der Waals surface area (Å²) < 4.78 is 0. The number of nitrogens with zero attached hydrogens (tertiary/aromatic N) is 1. The second-order valence-corrected chi connectivity index (χ2v) is 4.86. The topological polar surface area (TPSA) is 91.9 Å². The molecule has 1 aliphatic carbocycles. The summed E-state index contributed by atoms with van der Waals surface area (Å²) in [5.41, 5.74) is 6.02. The third-order valence-electron chi connectivity index (χ3n) is 2.34. The first kappa shape index (κ1) is 11.9. The van der Waals surface area contributed by atoms with Crippen LogP contribution in [0.15, 0.2) is 23.4 Å². The van der Waals surface area contributed by atoms with Gasteiger partial charge in [0.1, 0.15) is 10.9 Å². The molecule has 0 aromatic carbocycles. The first-order valence-corrected chi connectivity index (χ1v) is 6.37. The first-order chi connectivity index (χ1) is 8.16. The summed E-state index contributed by atoms with van der Waals surface area (Å²) in [7, 11) is 0. The van der Waals surface area contributed by atoms with Crippen LogP contribution in [0.3, 0.4) is 0 Å². The predicted octanol–water partition coefficient (Wildman–Crippen LogP) is 0.736. The Balaban J connectivity index is 1.93. The van der Waals surface area contributed by atoms with Gasteiger partial charge < -0.3 is 11.1 Å². The van der Waals surface area contributed by atoms with Crippen molar-refractivity contribution in [3.8, 4) is 0 Å². The lowest BCUT2D eigenvalue weighted by Gasteiger charge is -2.06. The van der Waals surface area contributed by atoms with Crippen LogP contribution < -0.4 is 11.1 Å². The van der Waals surface area contributed by atoms with Crippen LogP contribution in [0.25, 0.3) is 0 Å². The van der Waals surface area contributed by atoms with Crippen LogP contribution in [0.5, 0.6) is 0 Å². The van der Waals surface area contributed by atoms with Crippen molar-refractivity contribution >= 4 is 23.5 Å². The lowest BCUT2D eigenvalue weighted by Crippen LogP contribution is -2.27. The molecule has 0 aliphatic heterocycles. The van der Waals surface area contributed by atoms with Gasteiger partial charge in [-0.05, 0) is 25.0 Å². The molecule has 0 saturated heterocycles. The molecule has 2 rings (SSSR count). The number of nitrogen functional groups attached to an aromatic ring is 1. The van der Waals surface area contributed by atoms with Crippen LogP contribution in [-0.4, -0.2) is 28.5 Å². The highest BCUT2D eigenvalue weighted by molar-refractivity contribution is 8.00. The van der Waals surface area contributed by atoms with E-state index in [-0.39, 0.29) is 11.7 Å². The van der Waals surface area contributed by atoms with Crippen LogP contribution in [0, 0.1) is 5.41 Å². The van der Waals surface area contributed by atoms with Gasteiger partial charge in [-0.2, -0.15) is 0 Å². The SMILES string of the molecule is N=C(N)c1cccnc1SCC(=O)NC1CC1. The number of pyridine rings is 1. The van der Waals surface area contributed by atoms with E-state index in [1.54, 1.807) is 18.3 Å². The van der Waals surface area contributed by atoms with Crippen molar-refractivity contribution in [3.05, 3.63) is 23.9 Å². The number of carbonyl (C=O) groups excluding carboxylic acids is 1. The fourth-order valence-electron chi connectivity index (χ4n) is 1.34. The molecule has 1 aromatic rings. The van der Waals surface area contributed by atoms with Crippen molar-refractivity contribution in [3.63, 3.8) is 0 Å². The van der Waals surface area contributed by atoms with Gasteiger partial charge in [-0.3, -0.25) is 10.2 Å². The van der Waals surface area contributed by atoms with Crippen molar-refractivity contribution < 1.29 is 4.79 Å². The molecule has 0 spiro atoms. The van der Waals surface area contributed by atoms with Gasteiger partial charge in [0.25, 0.3) is 0 Å². The zero-order valence-electron chi connectivity index (χ0n) is 9.27. The lowest BCUT2D eigenvalue weighted by molar-refractivity contribution is -0.118. The lowest BCUT2D eigenvalue weighted by atomic mass is 10.3. The van der Waals surface area contributed by atoms with Crippen LogP contribution in [0.1, 0.15) is 18.4 Å². The number of amidine groups is 1. The molecule has 6 heteroatoms. The van der Waals surface area contributed by atoms with Crippen LogP contribution in [0.2, 0.25) is 0 Å². The molecule has 0 bridgehead atoms. The van der Waals surface area contributed by atoms with E-state index >= 15 is 0 Å². The molecular weight excluding hydrogens is 236 g/mol. The number of aromatic nitrogens is 1. The van der Waals surface area contributed by atoms with E-state index in [0.717, 1.165) is 12.8 Å². The van der Waals surface area contributed by atoms with Crippen molar-refractivity contribution in [2.24, 2.45) is 5.73 Å². The van der Waals surface area contributed by atoms with E-state index in [0.29, 0.717) is 22.4 Å². The Labute approximate surface area is 104 Å². The quantitative estimate of drug-likeness (QED) is 0.408. The Morgan fingerprint density at radius 1 is 1.65 bits per heavy atom. The zero-order chi connectivity index (χ0) is 12.3. The molecule has 90 valence electrons. The molecule has 4 N–H and O–H groups in total. The average Bonchev–Trinajstić information content (AvgIpc) is 3.10. The van der Waals surface area contributed by atoms with E-state index in [1.165, 1.54) is 11.8 Å². The van der Waals surface area contributed by atoms with Crippen LogP contribution in [0.4, 0.5) is 0 Å². The van der Waals surface area contributed by atoms with E-state index in [1.807, 2.05) is 0 Å². The molecule has 1 heterocycles. The highest BCUT2D eigenvalue weighted by atomic mass is 32.2. The molecule has 5 nitrogen and oxygen atoms in total. The standard InChI is InChI=1S/C11H14N4OS/c12-10(13)8-2-1-5-14-11(8)17-6-9(16)15-7-3-4-7/h1-2,5,7H,3-4,6H2,(H3,12,13)(H,15,16). The third kappa shape index (κ3) is 3.45. The molecule has 1 aliphatic rings. The number of nitrogens with two attached hydrogens (primary N) is 1. The largest absolute Gasteiger partial charge is 0.384 e. The summed E-state index contributed by atoms with van der Waals surface area (Å²) in [4.78, 5) is 15.6. The Morgan fingerprint density at radius 3 is 3.06 bits per heavy atom. The summed E-state index contributed by atoms with van der Waals surface area (Å²) in [5, 5.41) is 10.9. The Bertz CT molecular complexity index is 445. The van der Waals surface area contributed by atoms with Gasteiger partial charge in [-0.25, -0.2) is 4.98 Å². The number of amides is 1. The second kappa shape index (κ2) is 5.18. The highest BCUT2D eigenvalue weighted by Crippen LogP contribution is 2.21. The minimum atomic E-state index is -0.0248. The molecule has 1 saturated carbocycles. The van der Waals surface area contributed by atoms with Gasteiger partial charge in [0.05, 0.1) is 5.75 Å². The molecule has 1 amide bonds. The summed E-state index contributed by atoms with van der Waals surface area (Å²) in [6, 6.07) is 3.83. The maximum atomic E-state index is 11.5. The number of hydrogen-bond acceptors (Lipinski definition) is 4. The van der Waals surface area contributed by atoms with Crippen LogP contribution >= 0.6 is 11.8 Å². The van der Waals surface area contributed by atoms with E-state index in [4.69, 9.17) is 11.1 Å². The maximum Gasteiger partial charge on any atom is 0.230 e. The van der Waals surface area contributed by atoms with E-state index in [9.17, 15) is 4.79 Å². The third-order valence-corrected chi connectivity index (χ3v) is 3.35. The summed E-state index contributed by atoms with van der Waals surface area (Å²) >= 11 is 1.31. The molecule has 0 atom stereocenters. The number of thioether (sulfide) groups is 1. The van der Waals surface area contributed by atoms with Gasteiger partial charge in [0.15, 0.2) is 0 Å². The fourth-order valence-corrected chi connectivity index (χ4v) is 2.16. The van der Waals surface area contributed by atoms with Crippen molar-refractivity contribution in [2.75, 3.05) is 5.75 Å². The van der Waals surface area contributed by atoms with Gasteiger partial charge in [-0.1, -0.05) is 11.8 Å². The van der Waals surface area contributed by atoms with E-state index < -0.39 is 0 Å². The van der Waals surface area contributed by atoms with Crippen molar-refractivity contribution in [1.82, 2.24) is 10.3 Å². The summed E-state index contributed by atoms with van der Waals surface area (Å²) in [6.45, 7) is 0. The normalized spacial score (nSPS) is 14.4. The first-order valence-electron chi connectivity index (χ1n) is 5.38. The zero-order valence-corrected chi connectivity index (χ0v) is 10.1. The second-order valence-electron chi connectivity index (χ2n) is 3.90. The molecule has 17 heavy (non-hydrogen) atoms. The van der Waals surface area contributed by atoms with Gasteiger partial charge in [-0.15, -0.1) is 0 Å².